The highest BCUT2D eigenvalue weighted by molar-refractivity contribution is 6.35. The van der Waals surface area contributed by atoms with E-state index >= 15 is 0 Å². The molecular weight excluding hydrogens is 460 g/mol. The van der Waals surface area contributed by atoms with E-state index in [-0.39, 0.29) is 18.4 Å². The normalized spacial score (nSPS) is 17.6. The van der Waals surface area contributed by atoms with Gasteiger partial charge in [0.2, 0.25) is 5.91 Å². The van der Waals surface area contributed by atoms with Crippen LogP contribution in [0.2, 0.25) is 5.02 Å². The number of hydrogen-bond acceptors (Lipinski definition) is 3. The summed E-state index contributed by atoms with van der Waals surface area (Å²) in [6, 6.07) is 14.9. The summed E-state index contributed by atoms with van der Waals surface area (Å²) in [5, 5.41) is 1.50. The molecule has 6 nitrogen and oxygen atoms in total. The summed E-state index contributed by atoms with van der Waals surface area (Å²) in [7, 11) is 0. The van der Waals surface area contributed by atoms with Crippen LogP contribution in [0, 0.1) is 5.92 Å². The Labute approximate surface area is 211 Å². The molecule has 0 unspecified atom stereocenters. The summed E-state index contributed by atoms with van der Waals surface area (Å²) in [6.07, 6.45) is 7.76. The number of hydrogen-bond donors (Lipinski definition) is 1. The minimum atomic E-state index is -0.197. The molecule has 0 atom stereocenters. The Bertz CT molecular complexity index is 1160. The van der Waals surface area contributed by atoms with Gasteiger partial charge in [-0.25, -0.2) is 0 Å². The highest BCUT2D eigenvalue weighted by Gasteiger charge is 2.28. The Morgan fingerprint density at radius 3 is 2.46 bits per heavy atom. The van der Waals surface area contributed by atoms with Crippen molar-refractivity contribution in [1.29, 1.82) is 0 Å². The van der Waals surface area contributed by atoms with Crippen molar-refractivity contribution in [3.05, 3.63) is 65.3 Å². The number of piperidine rings is 2. The smallest absolute Gasteiger partial charge is 0.258 e. The highest BCUT2D eigenvalue weighted by Crippen LogP contribution is 2.26. The minimum Gasteiger partial charge on any atom is -0.360 e. The van der Waals surface area contributed by atoms with Gasteiger partial charge < -0.3 is 14.8 Å². The maximum atomic E-state index is 13.6. The van der Waals surface area contributed by atoms with Crippen LogP contribution in [-0.2, 0) is 4.79 Å². The molecule has 2 saturated heterocycles. The Balaban J connectivity index is 1.26. The fourth-order valence-corrected chi connectivity index (χ4v) is 5.59. The van der Waals surface area contributed by atoms with Crippen molar-refractivity contribution in [2.24, 2.45) is 5.92 Å². The molecule has 1 N–H and O–H groups in total. The predicted molar refractivity (Wildman–Crippen MR) is 141 cm³/mol. The number of benzene rings is 2. The van der Waals surface area contributed by atoms with E-state index in [1.54, 1.807) is 23.2 Å². The minimum absolute atomic E-state index is 0.00243. The molecule has 0 aliphatic carbocycles. The molecule has 3 aromatic rings. The number of aromatic nitrogens is 1. The zero-order chi connectivity index (χ0) is 24.2. The monoisotopic (exact) mass is 492 g/mol. The van der Waals surface area contributed by atoms with Crippen LogP contribution in [0.3, 0.4) is 0 Å². The second-order valence-electron chi connectivity index (χ2n) is 9.81. The van der Waals surface area contributed by atoms with Gasteiger partial charge in [-0.1, -0.05) is 42.3 Å². The summed E-state index contributed by atoms with van der Waals surface area (Å²) in [6.45, 7) is 5.15. The fourth-order valence-electron chi connectivity index (χ4n) is 5.38. The zero-order valence-corrected chi connectivity index (χ0v) is 20.8. The molecule has 0 spiro atoms. The summed E-state index contributed by atoms with van der Waals surface area (Å²) in [4.78, 5) is 36.1. The van der Waals surface area contributed by atoms with E-state index in [4.69, 9.17) is 11.6 Å². The molecule has 0 saturated carbocycles. The third-order valence-electron chi connectivity index (χ3n) is 7.42. The Kier molecular flexibility index (Phi) is 7.40. The number of H-pyrrole nitrogens is 1. The molecule has 35 heavy (non-hydrogen) atoms. The number of nitrogens with zero attached hydrogens (tertiary/aromatic N) is 3. The molecule has 184 valence electrons. The number of rotatable bonds is 6. The van der Waals surface area contributed by atoms with Gasteiger partial charge in [0.25, 0.3) is 5.91 Å². The van der Waals surface area contributed by atoms with Crippen molar-refractivity contribution in [1.82, 2.24) is 14.8 Å². The van der Waals surface area contributed by atoms with Crippen LogP contribution >= 0.6 is 11.6 Å². The van der Waals surface area contributed by atoms with E-state index < -0.39 is 0 Å². The fraction of sp³-hybridized carbons (Fsp3) is 0.429. The van der Waals surface area contributed by atoms with Crippen LogP contribution in [0.4, 0.5) is 5.69 Å². The van der Waals surface area contributed by atoms with Crippen LogP contribution in [0.25, 0.3) is 10.9 Å². The molecule has 5 rings (SSSR count). The van der Waals surface area contributed by atoms with Crippen LogP contribution in [0.1, 0.15) is 42.5 Å². The van der Waals surface area contributed by atoms with Gasteiger partial charge in [-0.2, -0.15) is 0 Å². The van der Waals surface area contributed by atoms with Crippen molar-refractivity contribution in [2.45, 2.75) is 32.1 Å². The molecule has 2 fully saturated rings. The number of fused-ring (bicyclic) bond motifs is 1. The quantitative estimate of drug-likeness (QED) is 0.515. The van der Waals surface area contributed by atoms with Gasteiger partial charge in [0.15, 0.2) is 0 Å². The van der Waals surface area contributed by atoms with Crippen molar-refractivity contribution in [3.8, 4) is 0 Å². The van der Waals surface area contributed by atoms with Gasteiger partial charge in [0.05, 0.1) is 5.02 Å². The van der Waals surface area contributed by atoms with E-state index in [9.17, 15) is 9.59 Å². The first-order chi connectivity index (χ1) is 17.1. The van der Waals surface area contributed by atoms with E-state index in [1.807, 2.05) is 41.3 Å². The first-order valence-corrected chi connectivity index (χ1v) is 13.1. The number of nitrogens with one attached hydrogen (secondary N) is 1. The van der Waals surface area contributed by atoms with Crippen LogP contribution < -0.4 is 4.90 Å². The largest absolute Gasteiger partial charge is 0.360 e. The van der Waals surface area contributed by atoms with Gasteiger partial charge in [-0.05, 0) is 69.0 Å². The van der Waals surface area contributed by atoms with Crippen molar-refractivity contribution >= 4 is 40.0 Å². The molecule has 3 heterocycles. The van der Waals surface area contributed by atoms with Crippen LogP contribution in [0.15, 0.2) is 54.7 Å². The van der Waals surface area contributed by atoms with Gasteiger partial charge >= 0.3 is 0 Å². The SMILES string of the molecule is O=C(CN(C(=O)c1ccc2c(Cl)c[nH]c2c1)c1ccccc1)N1CCC(CN2CCCCC2)CC1. The molecule has 2 aromatic carbocycles. The average Bonchev–Trinajstić information content (AvgIpc) is 3.28. The van der Waals surface area contributed by atoms with Gasteiger partial charge in [-0.3, -0.25) is 14.5 Å². The lowest BCUT2D eigenvalue weighted by Gasteiger charge is -2.36. The first-order valence-electron chi connectivity index (χ1n) is 12.7. The maximum Gasteiger partial charge on any atom is 0.258 e. The second-order valence-corrected chi connectivity index (χ2v) is 10.2. The van der Waals surface area contributed by atoms with E-state index in [0.29, 0.717) is 16.5 Å². The average molecular weight is 493 g/mol. The van der Waals surface area contributed by atoms with E-state index in [2.05, 4.69) is 9.88 Å². The summed E-state index contributed by atoms with van der Waals surface area (Å²) < 4.78 is 0. The summed E-state index contributed by atoms with van der Waals surface area (Å²) in [5.41, 5.74) is 2.04. The van der Waals surface area contributed by atoms with Crippen LogP contribution in [0.5, 0.6) is 0 Å². The van der Waals surface area contributed by atoms with Crippen molar-refractivity contribution in [2.75, 3.05) is 44.2 Å². The highest BCUT2D eigenvalue weighted by atomic mass is 35.5. The molecule has 2 aliphatic heterocycles. The Morgan fingerprint density at radius 1 is 0.971 bits per heavy atom. The lowest BCUT2D eigenvalue weighted by atomic mass is 9.95. The molecule has 2 aliphatic rings. The number of carbonyl (C=O) groups excluding carboxylic acids is 2. The molecule has 0 bridgehead atoms. The van der Waals surface area contributed by atoms with Crippen molar-refractivity contribution in [3.63, 3.8) is 0 Å². The van der Waals surface area contributed by atoms with Gasteiger partial charge in [0, 0.05) is 48.0 Å². The number of para-hydroxylation sites is 1. The number of carbonyl (C=O) groups is 2. The number of aromatic amines is 1. The molecule has 1 aromatic heterocycles. The summed E-state index contributed by atoms with van der Waals surface area (Å²) in [5.74, 6) is 0.461. The van der Waals surface area contributed by atoms with Gasteiger partial charge in [0.1, 0.15) is 6.54 Å². The van der Waals surface area contributed by atoms with Crippen molar-refractivity contribution < 1.29 is 9.59 Å². The zero-order valence-electron chi connectivity index (χ0n) is 20.1. The predicted octanol–water partition coefficient (Wildman–Crippen LogP) is 5.19. The molecule has 2 amide bonds. The Hall–Kier alpha value is -2.83. The van der Waals surface area contributed by atoms with E-state index in [0.717, 1.165) is 49.1 Å². The first kappa shape index (κ1) is 23.9. The molecule has 0 radical (unpaired) electrons. The maximum absolute atomic E-state index is 13.6. The number of likely N-dealkylation sites (tertiary alicyclic amines) is 2. The third kappa shape index (κ3) is 5.54. The third-order valence-corrected chi connectivity index (χ3v) is 7.73. The van der Waals surface area contributed by atoms with Crippen LogP contribution in [-0.4, -0.2) is 65.9 Å². The lowest BCUT2D eigenvalue weighted by molar-refractivity contribution is -0.131. The van der Waals surface area contributed by atoms with Gasteiger partial charge in [-0.15, -0.1) is 0 Å². The Morgan fingerprint density at radius 2 is 1.71 bits per heavy atom. The summed E-state index contributed by atoms with van der Waals surface area (Å²) >= 11 is 6.20. The molecule has 7 heteroatoms. The lowest BCUT2D eigenvalue weighted by Crippen LogP contribution is -2.47. The second kappa shape index (κ2) is 10.8. The topological polar surface area (TPSA) is 59.7 Å². The van der Waals surface area contributed by atoms with E-state index in [1.165, 1.54) is 32.4 Å². The molecular formula is C28H33ClN4O2. The number of anilines is 1. The number of halogens is 1. The standard InChI is InChI=1S/C28H33ClN4O2/c29-25-18-30-26-17-22(9-10-24(25)26)28(35)33(23-7-3-1-4-8-23)20-27(34)32-15-11-21(12-16-32)19-31-13-5-2-6-14-31/h1,3-4,7-10,17-18,21,30H,2,5-6,11-16,19-20H2. The number of amides is 2.